The number of hydrogen-bond donors (Lipinski definition) is 0. The van der Waals surface area contributed by atoms with Crippen LogP contribution in [0.25, 0.3) is 15.9 Å². The molecule has 4 aromatic carbocycles. The van der Waals surface area contributed by atoms with E-state index >= 15 is 0 Å². The van der Waals surface area contributed by atoms with Crippen LogP contribution in [0.5, 0.6) is 0 Å². The molecule has 35 heavy (non-hydrogen) atoms. The van der Waals surface area contributed by atoms with Crippen molar-refractivity contribution in [2.75, 3.05) is 0 Å². The van der Waals surface area contributed by atoms with Crippen molar-refractivity contribution in [2.24, 2.45) is 0 Å². The Labute approximate surface area is 210 Å². The van der Waals surface area contributed by atoms with E-state index in [1.807, 2.05) is 42.5 Å². The lowest BCUT2D eigenvalue weighted by Gasteiger charge is -2.31. The molecule has 0 fully saturated rings. The van der Waals surface area contributed by atoms with Gasteiger partial charge in [-0.2, -0.15) is 0 Å². The van der Waals surface area contributed by atoms with E-state index < -0.39 is 0 Å². The summed E-state index contributed by atoms with van der Waals surface area (Å²) in [6.07, 6.45) is 0. The minimum atomic E-state index is -0.314. The van der Waals surface area contributed by atoms with Crippen LogP contribution < -0.4 is 9.55 Å². The monoisotopic (exact) mass is 477 g/mol. The summed E-state index contributed by atoms with van der Waals surface area (Å²) in [5.41, 5.74) is 5.79. The van der Waals surface area contributed by atoms with Crippen molar-refractivity contribution in [3.05, 3.63) is 135 Å². The van der Waals surface area contributed by atoms with Crippen molar-refractivity contribution >= 4 is 21.6 Å². The maximum atomic E-state index is 13.3. The zero-order valence-corrected chi connectivity index (χ0v) is 21.3. The first-order chi connectivity index (χ1) is 16.8. The smallest absolute Gasteiger partial charge is 0.200 e. The largest absolute Gasteiger partial charge is 0.504 e. The molecule has 174 valence electrons. The Balaban J connectivity index is 1.82. The number of hydrogen-bond acceptors (Lipinski definition) is 3. The van der Waals surface area contributed by atoms with E-state index in [9.17, 15) is 4.79 Å². The van der Waals surface area contributed by atoms with Crippen LogP contribution in [-0.2, 0) is 10.8 Å². The summed E-state index contributed by atoms with van der Waals surface area (Å²) in [7, 11) is 0. The van der Waals surface area contributed by atoms with Crippen LogP contribution in [0.3, 0.4) is 0 Å². The Hall–Kier alpha value is -3.63. The predicted molar refractivity (Wildman–Crippen MR) is 145 cm³/mol. The normalized spacial score (nSPS) is 12.1. The SMILES string of the molecule is CC(C)(c1ccccc1)c1cc(C(C)(C)c2ccccc2)c2sc(=O)[n+](-c3ccccc3)nc2c1. The third-order valence-electron chi connectivity index (χ3n) is 7.03. The number of fused-ring (bicyclic) bond motifs is 1. The van der Waals surface area contributed by atoms with Gasteiger partial charge in [-0.3, -0.25) is 0 Å². The highest BCUT2D eigenvalue weighted by atomic mass is 32.1. The Morgan fingerprint density at radius 1 is 0.657 bits per heavy atom. The van der Waals surface area contributed by atoms with Gasteiger partial charge < -0.3 is 0 Å². The van der Waals surface area contributed by atoms with Crippen molar-refractivity contribution < 1.29 is 4.68 Å². The Bertz CT molecular complexity index is 1540. The Morgan fingerprint density at radius 2 is 1.17 bits per heavy atom. The van der Waals surface area contributed by atoms with E-state index in [1.165, 1.54) is 32.7 Å². The van der Waals surface area contributed by atoms with E-state index in [-0.39, 0.29) is 15.7 Å². The molecule has 0 spiro atoms. The van der Waals surface area contributed by atoms with Gasteiger partial charge in [0, 0.05) is 32.7 Å². The zero-order chi connectivity index (χ0) is 24.6. The number of nitrogens with zero attached hydrogens (tertiary/aromatic N) is 2. The quantitative estimate of drug-likeness (QED) is 0.268. The molecule has 0 aliphatic carbocycles. The standard InChI is InChI=1S/C31H29N2OS/c1-30(2,22-14-8-5-9-15-22)24-20-26(31(3,4)23-16-10-6-11-17-23)28-27(21-24)32-33(29(34)35-28)25-18-12-7-13-19-25/h5-21H,1-4H3/q+1. The molecule has 5 aromatic rings. The van der Waals surface area contributed by atoms with E-state index in [4.69, 9.17) is 5.10 Å². The Kier molecular flexibility index (Phi) is 5.86. The summed E-state index contributed by atoms with van der Waals surface area (Å²) >= 11 is 1.27. The van der Waals surface area contributed by atoms with Crippen LogP contribution in [-0.4, -0.2) is 5.10 Å². The van der Waals surface area contributed by atoms with Crippen molar-refractivity contribution in [3.8, 4) is 5.69 Å². The molecular weight excluding hydrogens is 448 g/mol. The van der Waals surface area contributed by atoms with Gasteiger partial charge in [0.15, 0.2) is 0 Å². The van der Waals surface area contributed by atoms with Crippen molar-refractivity contribution in [3.63, 3.8) is 0 Å². The molecule has 0 unspecified atom stereocenters. The molecule has 0 aliphatic rings. The summed E-state index contributed by atoms with van der Waals surface area (Å²) < 4.78 is 2.45. The summed E-state index contributed by atoms with van der Waals surface area (Å²) in [4.78, 5) is 13.2. The maximum absolute atomic E-state index is 13.3. The number of benzene rings is 4. The minimum Gasteiger partial charge on any atom is -0.200 e. The molecule has 1 aromatic heterocycles. The molecular formula is C31H29N2OS+. The van der Waals surface area contributed by atoms with E-state index in [1.54, 1.807) is 0 Å². The van der Waals surface area contributed by atoms with Gasteiger partial charge in [-0.25, -0.2) is 4.79 Å². The van der Waals surface area contributed by atoms with Crippen LogP contribution in [0.15, 0.2) is 108 Å². The average molecular weight is 478 g/mol. The lowest BCUT2D eigenvalue weighted by Crippen LogP contribution is -2.49. The molecule has 0 aliphatic heterocycles. The molecule has 0 saturated carbocycles. The van der Waals surface area contributed by atoms with Crippen LogP contribution in [0.4, 0.5) is 0 Å². The summed E-state index contributed by atoms with van der Waals surface area (Å²) in [6, 6.07) is 35.1. The predicted octanol–water partition coefficient (Wildman–Crippen LogP) is 6.59. The Morgan fingerprint density at radius 3 is 1.74 bits per heavy atom. The fourth-order valence-electron chi connectivity index (χ4n) is 4.66. The molecule has 3 nitrogen and oxygen atoms in total. The summed E-state index contributed by atoms with van der Waals surface area (Å²) in [5.74, 6) is 0. The molecule has 0 saturated heterocycles. The second-order valence-electron chi connectivity index (χ2n) is 9.97. The number of para-hydroxylation sites is 1. The molecule has 5 rings (SSSR count). The fourth-order valence-corrected chi connectivity index (χ4v) is 5.70. The molecule has 4 heteroatoms. The first-order valence-electron chi connectivity index (χ1n) is 11.9. The van der Waals surface area contributed by atoms with E-state index in [0.717, 1.165) is 21.5 Å². The number of aromatic nitrogens is 2. The molecule has 0 bridgehead atoms. The topological polar surface area (TPSA) is 33.8 Å². The van der Waals surface area contributed by atoms with Crippen molar-refractivity contribution in [1.82, 2.24) is 5.10 Å². The first-order valence-corrected chi connectivity index (χ1v) is 12.7. The first kappa shape index (κ1) is 23.1. The molecule has 0 radical (unpaired) electrons. The highest BCUT2D eigenvalue weighted by Gasteiger charge is 2.32. The third-order valence-corrected chi connectivity index (χ3v) is 8.01. The van der Waals surface area contributed by atoms with Gasteiger partial charge in [0.1, 0.15) is 5.52 Å². The third kappa shape index (κ3) is 4.19. The van der Waals surface area contributed by atoms with Crippen molar-refractivity contribution in [1.29, 1.82) is 0 Å². The maximum Gasteiger partial charge on any atom is 0.504 e. The number of rotatable bonds is 5. The van der Waals surface area contributed by atoms with E-state index in [2.05, 4.69) is 88.4 Å². The van der Waals surface area contributed by atoms with E-state index in [0.29, 0.717) is 0 Å². The highest BCUT2D eigenvalue weighted by molar-refractivity contribution is 7.15. The lowest BCUT2D eigenvalue weighted by molar-refractivity contribution is -0.667. The second-order valence-corrected chi connectivity index (χ2v) is 10.9. The lowest BCUT2D eigenvalue weighted by atomic mass is 9.73. The fraction of sp³-hybridized carbons (Fsp3) is 0.194. The van der Waals surface area contributed by atoms with Crippen LogP contribution in [0.2, 0.25) is 0 Å². The van der Waals surface area contributed by atoms with Gasteiger partial charge in [-0.1, -0.05) is 113 Å². The molecule has 0 amide bonds. The van der Waals surface area contributed by atoms with Crippen LogP contribution in [0.1, 0.15) is 49.9 Å². The molecule has 0 atom stereocenters. The van der Waals surface area contributed by atoms with Gasteiger partial charge in [0.2, 0.25) is 5.69 Å². The zero-order valence-electron chi connectivity index (χ0n) is 20.5. The van der Waals surface area contributed by atoms with Crippen LogP contribution >= 0.6 is 11.3 Å². The highest BCUT2D eigenvalue weighted by Crippen LogP contribution is 2.41. The van der Waals surface area contributed by atoms with Crippen LogP contribution in [0, 0.1) is 0 Å². The van der Waals surface area contributed by atoms with Gasteiger partial charge in [-0.15, -0.1) is 0 Å². The molecule has 1 heterocycles. The summed E-state index contributed by atoms with van der Waals surface area (Å²) in [5, 5.41) is 4.90. The molecule has 0 N–H and O–H groups in total. The van der Waals surface area contributed by atoms with Crippen molar-refractivity contribution in [2.45, 2.75) is 38.5 Å². The minimum absolute atomic E-state index is 0.0936. The second kappa shape index (κ2) is 8.86. The average Bonchev–Trinajstić information content (AvgIpc) is 2.89. The van der Waals surface area contributed by atoms with Gasteiger partial charge in [0.25, 0.3) is 0 Å². The summed E-state index contributed by atoms with van der Waals surface area (Å²) in [6.45, 7) is 8.95. The van der Waals surface area contributed by atoms with Gasteiger partial charge >= 0.3 is 4.87 Å². The van der Waals surface area contributed by atoms with Gasteiger partial charge in [0.05, 0.1) is 4.70 Å². The van der Waals surface area contributed by atoms with Gasteiger partial charge in [-0.05, 0) is 39.7 Å².